The van der Waals surface area contributed by atoms with Gasteiger partial charge in [0.25, 0.3) is 0 Å². The number of rotatable bonds is 3. The fourth-order valence-corrected chi connectivity index (χ4v) is 1.18. The molecule has 8 heteroatoms. The summed E-state index contributed by atoms with van der Waals surface area (Å²) in [6, 6.07) is -1.07. The SMILES string of the molecule is CO[N+](C)(C(=O)O)C(=O)C(C)NC(=O)OC(C)(C)C. The normalized spacial score (nSPS) is 16.1. The minimum Gasteiger partial charge on any atom is -0.444 e. The molecular weight excluding hydrogens is 256 g/mol. The Kier molecular flexibility index (Phi) is 5.46. The first-order valence-corrected chi connectivity index (χ1v) is 5.63. The molecule has 0 aliphatic rings. The van der Waals surface area contributed by atoms with Crippen molar-refractivity contribution in [2.24, 2.45) is 0 Å². The lowest BCUT2D eigenvalue weighted by molar-refractivity contribution is -0.963. The summed E-state index contributed by atoms with van der Waals surface area (Å²) in [5.74, 6) is -0.833. The van der Waals surface area contributed by atoms with Gasteiger partial charge in [0.2, 0.25) is 0 Å². The Morgan fingerprint density at radius 2 is 1.74 bits per heavy atom. The summed E-state index contributed by atoms with van der Waals surface area (Å²) in [5.41, 5.74) is -0.709. The second-order valence-corrected chi connectivity index (χ2v) is 5.10. The molecule has 2 atom stereocenters. The van der Waals surface area contributed by atoms with Crippen LogP contribution in [0.1, 0.15) is 27.7 Å². The molecule has 2 unspecified atom stereocenters. The second kappa shape index (κ2) is 5.98. The van der Waals surface area contributed by atoms with Gasteiger partial charge in [-0.3, -0.25) is 0 Å². The molecule has 0 aromatic heterocycles. The lowest BCUT2D eigenvalue weighted by atomic mass is 10.2. The molecule has 2 N–H and O–H groups in total. The number of hydrogen-bond donors (Lipinski definition) is 2. The van der Waals surface area contributed by atoms with Crippen LogP contribution in [0.3, 0.4) is 0 Å². The summed E-state index contributed by atoms with van der Waals surface area (Å²) < 4.78 is 3.67. The number of likely N-dealkylation sites (N-methyl/N-ethyl adjacent to an activating group) is 1. The van der Waals surface area contributed by atoms with Gasteiger partial charge in [0, 0.05) is 0 Å². The average Bonchev–Trinajstić information content (AvgIpc) is 2.23. The highest BCUT2D eigenvalue weighted by Gasteiger charge is 2.46. The van der Waals surface area contributed by atoms with E-state index >= 15 is 0 Å². The molecule has 3 amide bonds. The second-order valence-electron chi connectivity index (χ2n) is 5.10. The molecule has 0 fully saturated rings. The Bertz CT molecular complexity index is 376. The monoisotopic (exact) mass is 277 g/mol. The van der Waals surface area contributed by atoms with Crippen molar-refractivity contribution in [1.82, 2.24) is 5.32 Å². The smallest absolute Gasteiger partial charge is 0.444 e. The number of amides is 3. The van der Waals surface area contributed by atoms with Crippen molar-refractivity contribution >= 4 is 18.1 Å². The lowest BCUT2D eigenvalue weighted by Crippen LogP contribution is -2.59. The van der Waals surface area contributed by atoms with Gasteiger partial charge in [-0.15, -0.1) is 0 Å². The van der Waals surface area contributed by atoms with Crippen LogP contribution in [0.25, 0.3) is 0 Å². The number of nitrogens with one attached hydrogen (secondary N) is 1. The molecular formula is C11H21N2O6+. The Balaban J connectivity index is 4.76. The molecule has 0 aromatic rings. The van der Waals surface area contributed by atoms with Crippen molar-refractivity contribution in [3.63, 3.8) is 0 Å². The summed E-state index contributed by atoms with van der Waals surface area (Å²) in [6.45, 7) is 6.37. The number of carbonyl (C=O) groups is 3. The van der Waals surface area contributed by atoms with Crippen LogP contribution in [0.2, 0.25) is 0 Å². The predicted octanol–water partition coefficient (Wildman–Crippen LogP) is 1.11. The zero-order valence-electron chi connectivity index (χ0n) is 12.0. The maximum Gasteiger partial charge on any atom is 0.554 e. The van der Waals surface area contributed by atoms with Crippen molar-refractivity contribution in [2.75, 3.05) is 14.2 Å². The average molecular weight is 277 g/mol. The summed E-state index contributed by atoms with van der Waals surface area (Å²) in [4.78, 5) is 39.1. The van der Waals surface area contributed by atoms with Crippen molar-refractivity contribution in [2.45, 2.75) is 39.3 Å². The van der Waals surface area contributed by atoms with Gasteiger partial charge >= 0.3 is 18.1 Å². The largest absolute Gasteiger partial charge is 0.554 e. The topological polar surface area (TPSA) is 102 Å². The van der Waals surface area contributed by atoms with Gasteiger partial charge in [0.15, 0.2) is 0 Å². The Morgan fingerprint density at radius 1 is 1.26 bits per heavy atom. The molecule has 19 heavy (non-hydrogen) atoms. The zero-order chi connectivity index (χ0) is 15.4. The third-order valence-corrected chi connectivity index (χ3v) is 2.25. The van der Waals surface area contributed by atoms with Crippen LogP contribution in [-0.4, -0.2) is 53.6 Å². The number of carboxylic acid groups (broad SMARTS) is 1. The first-order chi connectivity index (χ1) is 8.44. The highest BCUT2D eigenvalue weighted by atomic mass is 16.7. The molecule has 8 nitrogen and oxygen atoms in total. The Morgan fingerprint density at radius 3 is 2.05 bits per heavy atom. The number of imide groups is 1. The van der Waals surface area contributed by atoms with Gasteiger partial charge in [-0.05, 0) is 32.3 Å². The molecule has 0 rings (SSSR count). The van der Waals surface area contributed by atoms with Crippen LogP contribution >= 0.6 is 0 Å². The third kappa shape index (κ3) is 4.84. The van der Waals surface area contributed by atoms with E-state index in [9.17, 15) is 14.4 Å². The van der Waals surface area contributed by atoms with E-state index in [4.69, 9.17) is 9.84 Å². The number of alkyl carbamates (subject to hydrolysis) is 1. The van der Waals surface area contributed by atoms with Gasteiger partial charge < -0.3 is 15.2 Å². The number of nitrogens with zero attached hydrogens (tertiary/aromatic N) is 1. The lowest BCUT2D eigenvalue weighted by Gasteiger charge is -2.25. The molecule has 0 bridgehead atoms. The third-order valence-electron chi connectivity index (χ3n) is 2.25. The predicted molar refractivity (Wildman–Crippen MR) is 65.1 cm³/mol. The van der Waals surface area contributed by atoms with E-state index < -0.39 is 34.4 Å². The number of ether oxygens (including phenoxy) is 1. The van der Waals surface area contributed by atoms with Crippen LogP contribution in [0.5, 0.6) is 0 Å². The standard InChI is InChI=1S/C11H20N2O6/c1-7(12-9(15)19-11(2,3)4)8(14)13(5,18-6)10(16)17/h7H,1-6H3,(H-,12,15,16,17)/p+1. The molecule has 0 spiro atoms. The highest BCUT2D eigenvalue weighted by molar-refractivity contribution is 5.85. The summed E-state index contributed by atoms with van der Waals surface area (Å²) in [5, 5.41) is 11.2. The Hall–Kier alpha value is -1.67. The summed E-state index contributed by atoms with van der Waals surface area (Å²) >= 11 is 0. The van der Waals surface area contributed by atoms with Crippen LogP contribution < -0.4 is 5.32 Å². The van der Waals surface area contributed by atoms with Crippen LogP contribution in [-0.2, 0) is 14.4 Å². The highest BCUT2D eigenvalue weighted by Crippen LogP contribution is 2.10. The summed E-state index contributed by atoms with van der Waals surface area (Å²) in [6.07, 6.45) is -2.29. The van der Waals surface area contributed by atoms with Gasteiger partial charge in [-0.2, -0.15) is 9.63 Å². The number of quaternary nitrogens is 1. The molecule has 0 aliphatic heterocycles. The van der Waals surface area contributed by atoms with E-state index in [0.717, 1.165) is 14.2 Å². The number of carbonyl (C=O) groups excluding carboxylic acids is 2. The fraction of sp³-hybridized carbons (Fsp3) is 0.727. The van der Waals surface area contributed by atoms with E-state index in [-0.39, 0.29) is 0 Å². The van der Waals surface area contributed by atoms with E-state index in [1.165, 1.54) is 6.92 Å². The molecule has 0 heterocycles. The number of hydrogen-bond acceptors (Lipinski definition) is 5. The van der Waals surface area contributed by atoms with E-state index in [1.54, 1.807) is 20.8 Å². The van der Waals surface area contributed by atoms with Crippen molar-refractivity contribution in [1.29, 1.82) is 0 Å². The number of hydroxylamine groups is 3. The van der Waals surface area contributed by atoms with Gasteiger partial charge in [0.05, 0.1) is 7.11 Å². The van der Waals surface area contributed by atoms with E-state index in [1.807, 2.05) is 0 Å². The van der Waals surface area contributed by atoms with Gasteiger partial charge in [-0.25, -0.2) is 9.59 Å². The van der Waals surface area contributed by atoms with Crippen LogP contribution in [0, 0.1) is 0 Å². The first kappa shape index (κ1) is 17.3. The first-order valence-electron chi connectivity index (χ1n) is 5.63. The fourth-order valence-electron chi connectivity index (χ4n) is 1.18. The molecule has 0 radical (unpaired) electrons. The molecule has 0 saturated carbocycles. The maximum atomic E-state index is 11.9. The Labute approximate surface area is 111 Å². The molecule has 0 saturated heterocycles. The van der Waals surface area contributed by atoms with E-state index in [0.29, 0.717) is 0 Å². The molecule has 110 valence electrons. The minimum atomic E-state index is -1.48. The quantitative estimate of drug-likeness (QED) is 0.592. The summed E-state index contributed by atoms with van der Waals surface area (Å²) in [7, 11) is 2.16. The minimum absolute atomic E-state index is 0.709. The van der Waals surface area contributed by atoms with Crippen molar-refractivity contribution in [3.8, 4) is 0 Å². The molecule has 0 aromatic carbocycles. The maximum absolute atomic E-state index is 11.9. The van der Waals surface area contributed by atoms with E-state index in [2.05, 4.69) is 10.2 Å². The van der Waals surface area contributed by atoms with Crippen molar-refractivity contribution < 1.29 is 33.7 Å². The van der Waals surface area contributed by atoms with Gasteiger partial charge in [-0.1, -0.05) is 0 Å². The zero-order valence-corrected chi connectivity index (χ0v) is 12.0. The van der Waals surface area contributed by atoms with Crippen molar-refractivity contribution in [3.05, 3.63) is 0 Å². The van der Waals surface area contributed by atoms with Crippen LogP contribution in [0.4, 0.5) is 9.59 Å². The molecule has 0 aliphatic carbocycles. The van der Waals surface area contributed by atoms with Gasteiger partial charge in [0.1, 0.15) is 18.7 Å². The van der Waals surface area contributed by atoms with Crippen LogP contribution in [0.15, 0.2) is 0 Å².